The molecule has 0 bridgehead atoms. The number of amides is 2. The van der Waals surface area contributed by atoms with Crippen LogP contribution in [0.4, 0.5) is 9.93 Å². The smallest absolute Gasteiger partial charge is 0.417 e. The molecule has 178 valence electrons. The van der Waals surface area contributed by atoms with Gasteiger partial charge in [-0.05, 0) is 40.0 Å². The zero-order valence-electron chi connectivity index (χ0n) is 19.4. The molecule has 11 heteroatoms. The van der Waals surface area contributed by atoms with Crippen LogP contribution in [0.5, 0.6) is 0 Å². The molecule has 10 nitrogen and oxygen atoms in total. The lowest BCUT2D eigenvalue weighted by Gasteiger charge is -2.33. The van der Waals surface area contributed by atoms with Crippen LogP contribution in [0, 0.1) is 0 Å². The number of likely N-dealkylation sites (N-methyl/N-ethyl adjacent to an activating group) is 1. The molecule has 0 saturated heterocycles. The molecule has 1 aliphatic heterocycles. The first kappa shape index (κ1) is 24.6. The number of hydrogen-bond acceptors (Lipinski definition) is 8. The number of nitrogens with zero attached hydrogens (tertiary/aromatic N) is 6. The molecule has 1 aliphatic rings. The van der Waals surface area contributed by atoms with E-state index in [4.69, 9.17) is 9.57 Å². The van der Waals surface area contributed by atoms with E-state index in [1.807, 2.05) is 46.2 Å². The normalized spacial score (nSPS) is 16.7. The van der Waals surface area contributed by atoms with Crippen LogP contribution in [0.25, 0.3) is 5.70 Å². The summed E-state index contributed by atoms with van der Waals surface area (Å²) < 4.78 is 7.31. The Morgan fingerprint density at radius 2 is 2.21 bits per heavy atom. The van der Waals surface area contributed by atoms with Gasteiger partial charge in [-0.25, -0.2) is 24.4 Å². The highest BCUT2D eigenvalue weighted by Gasteiger charge is 2.27. The van der Waals surface area contributed by atoms with Crippen molar-refractivity contribution in [1.82, 2.24) is 24.7 Å². The van der Waals surface area contributed by atoms with Crippen LogP contribution in [0.3, 0.4) is 0 Å². The Balaban J connectivity index is 1.80. The van der Waals surface area contributed by atoms with E-state index in [0.29, 0.717) is 30.3 Å². The van der Waals surface area contributed by atoms with Gasteiger partial charge in [0.1, 0.15) is 5.60 Å². The SMILES string of the molecule is C=CCON(C=O)C1C=C(n2ccc(CN(C(=O)OC(C)(C)C)c3nccs3)n2)CN(C)C1. The van der Waals surface area contributed by atoms with Crippen LogP contribution >= 0.6 is 11.3 Å². The highest BCUT2D eigenvalue weighted by molar-refractivity contribution is 7.13. The number of rotatable bonds is 9. The van der Waals surface area contributed by atoms with Crippen molar-refractivity contribution < 1.29 is 19.2 Å². The van der Waals surface area contributed by atoms with Crippen LogP contribution in [-0.4, -0.2) is 75.6 Å². The number of anilines is 1. The van der Waals surface area contributed by atoms with Crippen molar-refractivity contribution in [1.29, 1.82) is 0 Å². The monoisotopic (exact) mass is 474 g/mol. The average molecular weight is 475 g/mol. The van der Waals surface area contributed by atoms with Crippen LogP contribution in [0.2, 0.25) is 0 Å². The lowest BCUT2D eigenvalue weighted by atomic mass is 10.1. The van der Waals surface area contributed by atoms with E-state index in [9.17, 15) is 9.59 Å². The molecule has 0 N–H and O–H groups in total. The van der Waals surface area contributed by atoms with Crippen molar-refractivity contribution in [2.45, 2.75) is 39.0 Å². The Hall–Kier alpha value is -3.02. The van der Waals surface area contributed by atoms with E-state index in [-0.39, 0.29) is 19.2 Å². The molecule has 2 amide bonds. The molecule has 0 aliphatic carbocycles. The number of aromatic nitrogens is 3. The van der Waals surface area contributed by atoms with E-state index in [0.717, 1.165) is 5.70 Å². The first-order valence-electron chi connectivity index (χ1n) is 10.5. The largest absolute Gasteiger partial charge is 0.443 e. The Kier molecular flexibility index (Phi) is 8.01. The molecule has 3 heterocycles. The predicted octanol–water partition coefficient (Wildman–Crippen LogP) is 3.01. The minimum atomic E-state index is -0.628. The van der Waals surface area contributed by atoms with Gasteiger partial charge in [-0.15, -0.1) is 17.9 Å². The summed E-state index contributed by atoms with van der Waals surface area (Å²) in [6.07, 6.45) is 7.22. The van der Waals surface area contributed by atoms with Crippen LogP contribution in [0.15, 0.2) is 42.6 Å². The van der Waals surface area contributed by atoms with Gasteiger partial charge in [-0.3, -0.25) is 14.5 Å². The predicted molar refractivity (Wildman–Crippen MR) is 126 cm³/mol. The van der Waals surface area contributed by atoms with Gasteiger partial charge in [0.2, 0.25) is 6.41 Å². The summed E-state index contributed by atoms with van der Waals surface area (Å²) in [5.74, 6) is 0. The number of ether oxygens (including phenoxy) is 1. The molecule has 0 saturated carbocycles. The highest BCUT2D eigenvalue weighted by atomic mass is 32.1. The summed E-state index contributed by atoms with van der Waals surface area (Å²) in [7, 11) is 1.97. The summed E-state index contributed by atoms with van der Waals surface area (Å²) in [5.41, 5.74) is 0.945. The maximum atomic E-state index is 12.8. The second-order valence-electron chi connectivity index (χ2n) is 8.60. The zero-order chi connectivity index (χ0) is 24.0. The van der Waals surface area contributed by atoms with Crippen molar-refractivity contribution in [2.75, 3.05) is 31.6 Å². The molecule has 1 atom stereocenters. The van der Waals surface area contributed by atoms with Crippen molar-refractivity contribution in [2.24, 2.45) is 0 Å². The lowest BCUT2D eigenvalue weighted by molar-refractivity contribution is -0.177. The second kappa shape index (κ2) is 10.7. The van der Waals surface area contributed by atoms with E-state index in [2.05, 4.69) is 21.6 Å². The number of carbonyl (C=O) groups is 2. The maximum Gasteiger partial charge on any atom is 0.417 e. The number of thiazole rings is 1. The summed E-state index contributed by atoms with van der Waals surface area (Å²) in [5, 5.41) is 8.30. The fourth-order valence-electron chi connectivity index (χ4n) is 3.28. The Morgan fingerprint density at radius 3 is 2.85 bits per heavy atom. The molecule has 2 aromatic heterocycles. The van der Waals surface area contributed by atoms with E-state index in [1.165, 1.54) is 21.3 Å². The van der Waals surface area contributed by atoms with E-state index in [1.54, 1.807) is 22.3 Å². The third-order valence-corrected chi connectivity index (χ3v) is 5.40. The number of hydrogen-bond donors (Lipinski definition) is 0. The van der Waals surface area contributed by atoms with Crippen molar-refractivity contribution in [3.05, 3.63) is 48.3 Å². The topological polar surface area (TPSA) is 93.0 Å². The van der Waals surface area contributed by atoms with Crippen LogP contribution in [0.1, 0.15) is 26.5 Å². The van der Waals surface area contributed by atoms with Gasteiger partial charge in [0.05, 0.1) is 30.6 Å². The first-order chi connectivity index (χ1) is 15.7. The summed E-state index contributed by atoms with van der Waals surface area (Å²) >= 11 is 1.35. The Morgan fingerprint density at radius 1 is 1.42 bits per heavy atom. The standard InChI is InChI=1S/C22H30N6O4S/c1-6-10-31-28(16-29)19-12-18(14-25(5)15-19)27-9-7-17(24-27)13-26(20-23-8-11-33-20)21(30)32-22(2,3)4/h6-9,11-12,16,19H,1,10,13-15H2,2-5H3. The van der Waals surface area contributed by atoms with Crippen LogP contribution in [-0.2, 0) is 20.9 Å². The Labute approximate surface area is 197 Å². The summed E-state index contributed by atoms with van der Waals surface area (Å²) in [4.78, 5) is 37.6. The van der Waals surface area contributed by atoms with Crippen LogP contribution < -0.4 is 4.90 Å². The minimum Gasteiger partial charge on any atom is -0.443 e. The quantitative estimate of drug-likeness (QED) is 0.313. The molecule has 2 aromatic rings. The molecule has 0 fully saturated rings. The molecule has 1 unspecified atom stereocenters. The molecular formula is C22H30N6O4S. The van der Waals surface area contributed by atoms with Gasteiger partial charge in [-0.2, -0.15) is 5.10 Å². The fourth-order valence-corrected chi connectivity index (χ4v) is 3.91. The molecular weight excluding hydrogens is 444 g/mol. The third kappa shape index (κ3) is 6.73. The van der Waals surface area contributed by atoms with E-state index < -0.39 is 11.7 Å². The fraction of sp³-hybridized carbons (Fsp3) is 0.455. The summed E-state index contributed by atoms with van der Waals surface area (Å²) in [6, 6.07) is 1.58. The molecule has 3 rings (SSSR count). The number of hydroxylamine groups is 2. The van der Waals surface area contributed by atoms with Gasteiger partial charge in [-0.1, -0.05) is 6.08 Å². The lowest BCUT2D eigenvalue weighted by Crippen LogP contribution is -2.45. The van der Waals surface area contributed by atoms with Gasteiger partial charge < -0.3 is 4.74 Å². The van der Waals surface area contributed by atoms with Gasteiger partial charge in [0.25, 0.3) is 0 Å². The third-order valence-electron chi connectivity index (χ3n) is 4.61. The highest BCUT2D eigenvalue weighted by Crippen LogP contribution is 2.23. The van der Waals surface area contributed by atoms with E-state index >= 15 is 0 Å². The minimum absolute atomic E-state index is 0.213. The van der Waals surface area contributed by atoms with Gasteiger partial charge >= 0.3 is 6.09 Å². The summed E-state index contributed by atoms with van der Waals surface area (Å²) in [6.45, 7) is 10.8. The molecule has 0 radical (unpaired) electrons. The van der Waals surface area contributed by atoms with Crippen molar-refractivity contribution in [3.8, 4) is 0 Å². The maximum absolute atomic E-state index is 12.8. The zero-order valence-corrected chi connectivity index (χ0v) is 20.2. The molecule has 0 spiro atoms. The molecule has 0 aromatic carbocycles. The number of carbonyl (C=O) groups excluding carboxylic acids is 2. The van der Waals surface area contributed by atoms with Gasteiger partial charge in [0.15, 0.2) is 5.13 Å². The Bertz CT molecular complexity index is 981. The van der Waals surface area contributed by atoms with Crippen molar-refractivity contribution >= 4 is 34.7 Å². The second-order valence-corrected chi connectivity index (χ2v) is 9.48. The first-order valence-corrected chi connectivity index (χ1v) is 11.4. The average Bonchev–Trinajstić information content (AvgIpc) is 3.43. The molecule has 33 heavy (non-hydrogen) atoms. The van der Waals surface area contributed by atoms with Crippen molar-refractivity contribution in [3.63, 3.8) is 0 Å². The van der Waals surface area contributed by atoms with Gasteiger partial charge in [0, 0.05) is 30.9 Å².